The van der Waals surface area contributed by atoms with Gasteiger partial charge in [0.2, 0.25) is 0 Å². The van der Waals surface area contributed by atoms with Gasteiger partial charge in [-0.1, -0.05) is 0 Å². The molecule has 6 heteroatoms. The summed E-state index contributed by atoms with van der Waals surface area (Å²) in [5.74, 6) is -1.14. The molecule has 1 rings (SSSR count). The molecule has 1 aliphatic heterocycles. The van der Waals surface area contributed by atoms with Crippen molar-refractivity contribution in [2.75, 3.05) is 13.2 Å². The van der Waals surface area contributed by atoms with E-state index in [4.69, 9.17) is 19.9 Å². The summed E-state index contributed by atoms with van der Waals surface area (Å²) in [6, 6.07) is 0. The number of hydrogen-bond donors (Lipinski definition) is 3. The fraction of sp³-hybridized carbons (Fsp3) is 0.875. The predicted molar refractivity (Wildman–Crippen MR) is 49.7 cm³/mol. The molecule has 0 radical (unpaired) electrons. The van der Waals surface area contributed by atoms with Crippen molar-refractivity contribution in [2.24, 2.45) is 11.8 Å². The van der Waals surface area contributed by atoms with Crippen molar-refractivity contribution in [3.8, 4) is 0 Å². The molecule has 5 nitrogen and oxygen atoms in total. The van der Waals surface area contributed by atoms with E-state index in [0.29, 0.717) is 19.4 Å². The molecule has 1 saturated heterocycles. The van der Waals surface area contributed by atoms with E-state index in [1.54, 1.807) is 0 Å². The Kier molecular flexibility index (Phi) is 4.38. The number of rotatable bonds is 4. The van der Waals surface area contributed by atoms with Crippen LogP contribution in [0.15, 0.2) is 0 Å². The molecular weight excluding hydrogens is 187 g/mol. The third-order valence-corrected chi connectivity index (χ3v) is 2.47. The first-order valence-corrected chi connectivity index (χ1v) is 4.76. The summed E-state index contributed by atoms with van der Waals surface area (Å²) >= 11 is 0. The maximum atomic E-state index is 10.7. The molecule has 1 fully saturated rings. The Labute approximate surface area is 82.8 Å². The van der Waals surface area contributed by atoms with Crippen molar-refractivity contribution in [3.05, 3.63) is 0 Å². The van der Waals surface area contributed by atoms with Crippen LogP contribution in [0.3, 0.4) is 0 Å². The van der Waals surface area contributed by atoms with E-state index in [0.717, 1.165) is 0 Å². The first kappa shape index (κ1) is 11.5. The summed E-state index contributed by atoms with van der Waals surface area (Å²) in [7, 11) is -1.31. The zero-order valence-corrected chi connectivity index (χ0v) is 7.93. The van der Waals surface area contributed by atoms with Crippen molar-refractivity contribution < 1.29 is 24.7 Å². The highest BCUT2D eigenvalue weighted by Crippen LogP contribution is 2.24. The van der Waals surface area contributed by atoms with Crippen molar-refractivity contribution in [2.45, 2.75) is 19.2 Å². The first-order chi connectivity index (χ1) is 6.59. The van der Waals surface area contributed by atoms with Crippen LogP contribution in [-0.4, -0.2) is 41.5 Å². The minimum absolute atomic E-state index is 0.131. The van der Waals surface area contributed by atoms with Crippen LogP contribution in [-0.2, 0) is 9.53 Å². The van der Waals surface area contributed by atoms with Gasteiger partial charge >= 0.3 is 13.1 Å². The summed E-state index contributed by atoms with van der Waals surface area (Å²) in [6.45, 7) is 0.796. The van der Waals surface area contributed by atoms with E-state index in [-0.39, 0.29) is 18.8 Å². The first-order valence-electron chi connectivity index (χ1n) is 4.76. The zero-order chi connectivity index (χ0) is 10.6. The Hall–Kier alpha value is -0.585. The molecule has 14 heavy (non-hydrogen) atoms. The number of carboxylic acid groups (broad SMARTS) is 1. The van der Waals surface area contributed by atoms with Crippen molar-refractivity contribution in [1.29, 1.82) is 0 Å². The molecular formula is C8H15BO5. The minimum Gasteiger partial charge on any atom is -0.481 e. The molecule has 0 spiro atoms. The van der Waals surface area contributed by atoms with Crippen LogP contribution >= 0.6 is 0 Å². The average Bonchev–Trinajstić information content (AvgIpc) is 2.15. The van der Waals surface area contributed by atoms with Crippen LogP contribution < -0.4 is 0 Å². The molecule has 0 saturated carbocycles. The van der Waals surface area contributed by atoms with Gasteiger partial charge in [-0.15, -0.1) is 0 Å². The predicted octanol–water partition coefficient (Wildman–Crippen LogP) is -0.413. The molecule has 2 atom stereocenters. The van der Waals surface area contributed by atoms with Gasteiger partial charge in [0.05, 0.1) is 12.5 Å². The number of carbonyl (C=O) groups is 1. The van der Waals surface area contributed by atoms with E-state index >= 15 is 0 Å². The SMILES string of the molecule is O=C(O)[C@@H]1COCC(CCB(O)O)C1. The summed E-state index contributed by atoms with van der Waals surface area (Å²) in [4.78, 5) is 10.7. The Morgan fingerprint density at radius 1 is 1.43 bits per heavy atom. The highest BCUT2D eigenvalue weighted by molar-refractivity contribution is 6.40. The van der Waals surface area contributed by atoms with Crippen LogP contribution in [0.25, 0.3) is 0 Å². The van der Waals surface area contributed by atoms with Gasteiger partial charge in [0.1, 0.15) is 0 Å². The van der Waals surface area contributed by atoms with E-state index < -0.39 is 19.0 Å². The lowest BCUT2D eigenvalue weighted by molar-refractivity contribution is -0.147. The lowest BCUT2D eigenvalue weighted by Crippen LogP contribution is -2.31. The average molecular weight is 202 g/mol. The van der Waals surface area contributed by atoms with Crippen molar-refractivity contribution in [3.63, 3.8) is 0 Å². The van der Waals surface area contributed by atoms with Gasteiger partial charge in [0.25, 0.3) is 0 Å². The van der Waals surface area contributed by atoms with Crippen LogP contribution in [0, 0.1) is 11.8 Å². The largest absolute Gasteiger partial charge is 0.481 e. The molecule has 0 aromatic carbocycles. The normalized spacial score (nSPS) is 27.3. The summed E-state index contributed by atoms with van der Waals surface area (Å²) in [5, 5.41) is 26.1. The van der Waals surface area contributed by atoms with Crippen LogP contribution in [0.1, 0.15) is 12.8 Å². The molecule has 0 bridgehead atoms. The van der Waals surface area contributed by atoms with E-state index in [1.165, 1.54) is 0 Å². The van der Waals surface area contributed by atoms with Crippen LogP contribution in [0.4, 0.5) is 0 Å². The molecule has 0 aliphatic carbocycles. The van der Waals surface area contributed by atoms with Gasteiger partial charge in [-0.3, -0.25) is 4.79 Å². The fourth-order valence-corrected chi connectivity index (χ4v) is 1.67. The van der Waals surface area contributed by atoms with Gasteiger partial charge in [-0.2, -0.15) is 0 Å². The summed E-state index contributed by atoms with van der Waals surface area (Å²) in [5.41, 5.74) is 0. The Balaban J connectivity index is 2.29. The Morgan fingerprint density at radius 3 is 2.71 bits per heavy atom. The second kappa shape index (κ2) is 5.33. The molecule has 0 amide bonds. The Bertz CT molecular complexity index is 196. The maximum absolute atomic E-state index is 10.7. The third-order valence-electron chi connectivity index (χ3n) is 2.47. The molecule has 0 aromatic heterocycles. The molecule has 80 valence electrons. The molecule has 0 aromatic rings. The van der Waals surface area contributed by atoms with Crippen LogP contribution in [0.5, 0.6) is 0 Å². The molecule has 1 unspecified atom stereocenters. The number of aliphatic carboxylic acids is 1. The van der Waals surface area contributed by atoms with E-state index in [9.17, 15) is 4.79 Å². The molecule has 1 aliphatic rings. The number of ether oxygens (including phenoxy) is 1. The number of hydrogen-bond acceptors (Lipinski definition) is 4. The lowest BCUT2D eigenvalue weighted by atomic mass is 9.78. The van der Waals surface area contributed by atoms with Gasteiger partial charge in [-0.05, 0) is 25.1 Å². The summed E-state index contributed by atoms with van der Waals surface area (Å²) < 4.78 is 5.14. The highest BCUT2D eigenvalue weighted by atomic mass is 16.5. The van der Waals surface area contributed by atoms with Gasteiger partial charge in [0, 0.05) is 6.61 Å². The van der Waals surface area contributed by atoms with E-state index in [1.807, 2.05) is 0 Å². The Morgan fingerprint density at radius 2 is 2.14 bits per heavy atom. The van der Waals surface area contributed by atoms with E-state index in [2.05, 4.69) is 0 Å². The highest BCUT2D eigenvalue weighted by Gasteiger charge is 2.28. The topological polar surface area (TPSA) is 87.0 Å². The fourth-order valence-electron chi connectivity index (χ4n) is 1.67. The van der Waals surface area contributed by atoms with Gasteiger partial charge in [0.15, 0.2) is 0 Å². The molecule has 3 N–H and O–H groups in total. The quantitative estimate of drug-likeness (QED) is 0.539. The third kappa shape index (κ3) is 3.65. The second-order valence-electron chi connectivity index (χ2n) is 3.73. The minimum atomic E-state index is -1.31. The molecule has 1 heterocycles. The maximum Gasteiger partial charge on any atom is 0.451 e. The number of carboxylic acids is 1. The van der Waals surface area contributed by atoms with Gasteiger partial charge < -0.3 is 19.9 Å². The van der Waals surface area contributed by atoms with Crippen molar-refractivity contribution in [1.82, 2.24) is 0 Å². The summed E-state index contributed by atoms with van der Waals surface area (Å²) in [6.07, 6.45) is 1.45. The second-order valence-corrected chi connectivity index (χ2v) is 3.73. The van der Waals surface area contributed by atoms with Crippen LogP contribution in [0.2, 0.25) is 6.32 Å². The smallest absolute Gasteiger partial charge is 0.451 e. The standard InChI is InChI=1S/C8H15BO5/c10-8(11)7-3-6(4-14-5-7)1-2-9(12)13/h6-7,12-13H,1-5H2,(H,10,11)/t6?,7-/m0/s1. The monoisotopic (exact) mass is 202 g/mol. The van der Waals surface area contributed by atoms with Gasteiger partial charge in [-0.25, -0.2) is 0 Å². The van der Waals surface area contributed by atoms with Crippen molar-refractivity contribution >= 4 is 13.1 Å². The zero-order valence-electron chi connectivity index (χ0n) is 7.93. The lowest BCUT2D eigenvalue weighted by Gasteiger charge is -2.26.